The van der Waals surface area contributed by atoms with E-state index in [0.717, 1.165) is 51.4 Å². The van der Waals surface area contributed by atoms with Crippen molar-refractivity contribution in [3.8, 4) is 0 Å². The Balaban J connectivity index is 3.45. The van der Waals surface area contributed by atoms with E-state index in [2.05, 4.69) is 24.3 Å². The summed E-state index contributed by atoms with van der Waals surface area (Å²) in [6.45, 7) is 0. The third-order valence-corrected chi connectivity index (χ3v) is 5.07. The van der Waals surface area contributed by atoms with Crippen molar-refractivity contribution in [2.24, 2.45) is 0 Å². The summed E-state index contributed by atoms with van der Waals surface area (Å²) in [5.74, 6) is -1.37. The molecule has 0 aromatic carbocycles. The van der Waals surface area contributed by atoms with E-state index in [1.54, 1.807) is 0 Å². The van der Waals surface area contributed by atoms with Crippen LogP contribution in [0.2, 0.25) is 0 Å². The lowest BCUT2D eigenvalue weighted by atomic mass is 10.1. The van der Waals surface area contributed by atoms with Gasteiger partial charge in [-0.2, -0.15) is 0 Å². The van der Waals surface area contributed by atoms with Crippen LogP contribution >= 0.6 is 0 Å². The molecule has 0 spiro atoms. The molecule has 0 bridgehead atoms. The second-order valence-corrected chi connectivity index (χ2v) is 8.12. The van der Waals surface area contributed by atoms with E-state index in [9.17, 15) is 9.59 Å². The van der Waals surface area contributed by atoms with Crippen LogP contribution in [0.5, 0.6) is 0 Å². The molecule has 4 heteroatoms. The summed E-state index contributed by atoms with van der Waals surface area (Å²) in [6.07, 6.45) is 36.7. The van der Waals surface area contributed by atoms with Crippen LogP contribution in [0.3, 0.4) is 0 Å². The molecule has 0 atom stereocenters. The minimum atomic E-state index is -0.687. The highest BCUT2D eigenvalue weighted by Gasteiger charge is 1.97. The maximum absolute atomic E-state index is 10.4. The van der Waals surface area contributed by atoms with Gasteiger partial charge >= 0.3 is 11.9 Å². The molecule has 0 unspecified atom stereocenters. The Morgan fingerprint density at radius 2 is 0.688 bits per heavy atom. The molecule has 32 heavy (non-hydrogen) atoms. The highest BCUT2D eigenvalue weighted by Crippen LogP contribution is 2.10. The Labute approximate surface area is 195 Å². The lowest BCUT2D eigenvalue weighted by Crippen LogP contribution is -1.93. The second kappa shape index (κ2) is 24.9. The fourth-order valence-electron chi connectivity index (χ4n) is 3.23. The standard InChI is InChI=1S/C28H44O4/c29-27(30)25-23-21-19-17-15-13-11-9-7-5-3-1-2-4-6-8-10-12-14-16-18-20-22-24-26-28(31)32/h1-10H,11-26H2,(H,29,30)(H,31,32). The SMILES string of the molecule is O=C(O)CCCCCCCCC=CC=CC=CC=CC=CCCCCCCCCC(=O)O. The smallest absolute Gasteiger partial charge is 0.303 e. The normalized spacial score (nSPS) is 12.4. The predicted molar refractivity (Wildman–Crippen MR) is 135 cm³/mol. The first-order valence-electron chi connectivity index (χ1n) is 12.4. The maximum Gasteiger partial charge on any atom is 0.303 e. The minimum absolute atomic E-state index is 0.303. The second-order valence-electron chi connectivity index (χ2n) is 8.12. The highest BCUT2D eigenvalue weighted by molar-refractivity contribution is 5.66. The van der Waals surface area contributed by atoms with Gasteiger partial charge < -0.3 is 10.2 Å². The number of hydrogen-bond donors (Lipinski definition) is 2. The van der Waals surface area contributed by atoms with E-state index in [1.165, 1.54) is 38.5 Å². The maximum atomic E-state index is 10.4. The summed E-state index contributed by atoms with van der Waals surface area (Å²) in [5, 5.41) is 17.1. The molecule has 180 valence electrons. The van der Waals surface area contributed by atoms with Crippen LogP contribution in [0.15, 0.2) is 60.8 Å². The molecule has 0 aliphatic rings. The third-order valence-electron chi connectivity index (χ3n) is 5.07. The van der Waals surface area contributed by atoms with E-state index in [4.69, 9.17) is 10.2 Å². The Morgan fingerprint density at radius 3 is 1.03 bits per heavy atom. The molecule has 0 rings (SSSR count). The number of hydrogen-bond acceptors (Lipinski definition) is 2. The predicted octanol–water partition coefficient (Wildman–Crippen LogP) is 8.18. The number of carboxylic acids is 2. The summed E-state index contributed by atoms with van der Waals surface area (Å²) in [4.78, 5) is 20.8. The average Bonchev–Trinajstić information content (AvgIpc) is 2.75. The van der Waals surface area contributed by atoms with Crippen molar-refractivity contribution in [3.05, 3.63) is 60.8 Å². The van der Waals surface area contributed by atoms with Gasteiger partial charge in [0.2, 0.25) is 0 Å². The number of carbonyl (C=O) groups is 2. The first kappa shape index (κ1) is 29.6. The molecule has 2 N–H and O–H groups in total. The van der Waals surface area contributed by atoms with Crippen LogP contribution < -0.4 is 0 Å². The molecular formula is C28H44O4. The largest absolute Gasteiger partial charge is 0.481 e. The van der Waals surface area contributed by atoms with Gasteiger partial charge in [0, 0.05) is 12.8 Å². The molecule has 0 saturated heterocycles. The molecule has 0 saturated carbocycles. The van der Waals surface area contributed by atoms with Gasteiger partial charge in [-0.1, -0.05) is 112 Å². The number of rotatable bonds is 22. The zero-order chi connectivity index (χ0) is 23.5. The monoisotopic (exact) mass is 444 g/mol. The quantitative estimate of drug-likeness (QED) is 0.130. The summed E-state index contributed by atoms with van der Waals surface area (Å²) in [5.41, 5.74) is 0. The van der Waals surface area contributed by atoms with Crippen LogP contribution in [-0.2, 0) is 9.59 Å². The summed E-state index contributed by atoms with van der Waals surface area (Å²) >= 11 is 0. The van der Waals surface area contributed by atoms with Gasteiger partial charge in [0.25, 0.3) is 0 Å². The number of carboxylic acid groups (broad SMARTS) is 2. The summed E-state index contributed by atoms with van der Waals surface area (Å²) < 4.78 is 0. The number of aliphatic carboxylic acids is 2. The number of allylic oxidation sites excluding steroid dienone is 10. The van der Waals surface area contributed by atoms with Crippen LogP contribution in [-0.4, -0.2) is 22.2 Å². The lowest BCUT2D eigenvalue weighted by molar-refractivity contribution is -0.138. The van der Waals surface area contributed by atoms with Crippen molar-refractivity contribution in [1.29, 1.82) is 0 Å². The molecule has 0 heterocycles. The van der Waals surface area contributed by atoms with E-state index < -0.39 is 11.9 Å². The van der Waals surface area contributed by atoms with E-state index in [-0.39, 0.29) is 0 Å². The Bertz CT molecular complexity index is 545. The van der Waals surface area contributed by atoms with Crippen LogP contribution in [0.4, 0.5) is 0 Å². The van der Waals surface area contributed by atoms with Crippen molar-refractivity contribution in [3.63, 3.8) is 0 Å². The Hall–Kier alpha value is -2.36. The minimum Gasteiger partial charge on any atom is -0.481 e. The van der Waals surface area contributed by atoms with Crippen molar-refractivity contribution in [2.75, 3.05) is 0 Å². The summed E-state index contributed by atoms with van der Waals surface area (Å²) in [7, 11) is 0. The fraction of sp³-hybridized carbons (Fsp3) is 0.571. The van der Waals surface area contributed by atoms with Gasteiger partial charge in [-0.25, -0.2) is 0 Å². The molecule has 0 fully saturated rings. The third kappa shape index (κ3) is 27.6. The lowest BCUT2D eigenvalue weighted by Gasteiger charge is -1.99. The van der Waals surface area contributed by atoms with Gasteiger partial charge in [0.15, 0.2) is 0 Å². The van der Waals surface area contributed by atoms with E-state index >= 15 is 0 Å². The van der Waals surface area contributed by atoms with Crippen LogP contribution in [0.1, 0.15) is 103 Å². The fourth-order valence-corrected chi connectivity index (χ4v) is 3.23. The molecule has 0 radical (unpaired) electrons. The average molecular weight is 445 g/mol. The van der Waals surface area contributed by atoms with Gasteiger partial charge in [0.1, 0.15) is 0 Å². The molecule has 4 nitrogen and oxygen atoms in total. The molecule has 0 aliphatic carbocycles. The van der Waals surface area contributed by atoms with Gasteiger partial charge in [-0.15, -0.1) is 0 Å². The van der Waals surface area contributed by atoms with Crippen molar-refractivity contribution in [1.82, 2.24) is 0 Å². The Kier molecular flexibility index (Phi) is 23.1. The molecule has 0 aromatic heterocycles. The van der Waals surface area contributed by atoms with Gasteiger partial charge in [0.05, 0.1) is 0 Å². The molecule has 0 amide bonds. The molecule has 0 aromatic rings. The zero-order valence-electron chi connectivity index (χ0n) is 19.8. The van der Waals surface area contributed by atoms with Gasteiger partial charge in [-0.3, -0.25) is 9.59 Å². The van der Waals surface area contributed by atoms with E-state index in [0.29, 0.717) is 12.8 Å². The van der Waals surface area contributed by atoms with Crippen molar-refractivity contribution in [2.45, 2.75) is 103 Å². The first-order chi connectivity index (χ1) is 15.6. The molecular weight excluding hydrogens is 400 g/mol. The van der Waals surface area contributed by atoms with Crippen LogP contribution in [0.25, 0.3) is 0 Å². The zero-order valence-corrected chi connectivity index (χ0v) is 19.8. The topological polar surface area (TPSA) is 74.6 Å². The van der Waals surface area contributed by atoms with E-state index in [1.807, 2.05) is 36.5 Å². The molecule has 0 aliphatic heterocycles. The first-order valence-corrected chi connectivity index (χ1v) is 12.4. The number of unbranched alkanes of at least 4 members (excludes halogenated alkanes) is 12. The van der Waals surface area contributed by atoms with Crippen molar-refractivity contribution < 1.29 is 19.8 Å². The Morgan fingerprint density at radius 1 is 0.406 bits per heavy atom. The van der Waals surface area contributed by atoms with Gasteiger partial charge in [-0.05, 0) is 38.5 Å². The highest BCUT2D eigenvalue weighted by atomic mass is 16.4. The van der Waals surface area contributed by atoms with Crippen molar-refractivity contribution >= 4 is 11.9 Å². The van der Waals surface area contributed by atoms with Crippen LogP contribution in [0, 0.1) is 0 Å². The summed E-state index contributed by atoms with van der Waals surface area (Å²) in [6, 6.07) is 0.